The molecule has 3 aromatic rings. The van der Waals surface area contributed by atoms with Crippen LogP contribution in [0.25, 0.3) is 10.8 Å². The van der Waals surface area contributed by atoms with Crippen LogP contribution >= 0.6 is 11.6 Å². The summed E-state index contributed by atoms with van der Waals surface area (Å²) in [5.41, 5.74) is 2.71. The summed E-state index contributed by atoms with van der Waals surface area (Å²) in [5.74, 6) is 0. The normalized spacial score (nSPS) is 11.1. The van der Waals surface area contributed by atoms with Gasteiger partial charge in [0.05, 0.1) is 11.4 Å². The van der Waals surface area contributed by atoms with Gasteiger partial charge in [0.1, 0.15) is 0 Å². The van der Waals surface area contributed by atoms with Crippen LogP contribution in [0.5, 0.6) is 0 Å². The van der Waals surface area contributed by atoms with Crippen LogP contribution in [0.2, 0.25) is 5.02 Å². The molecule has 104 valence electrons. The van der Waals surface area contributed by atoms with E-state index in [1.165, 1.54) is 0 Å². The number of hydrogen-bond acceptors (Lipinski definition) is 3. The van der Waals surface area contributed by atoms with E-state index in [1.807, 2.05) is 49.5 Å². The van der Waals surface area contributed by atoms with Gasteiger partial charge >= 0.3 is 0 Å². The summed E-state index contributed by atoms with van der Waals surface area (Å²) in [5, 5.41) is 14.7. The van der Waals surface area contributed by atoms with Crippen molar-refractivity contribution in [2.45, 2.75) is 0 Å². The molecule has 0 radical (unpaired) electrons. The van der Waals surface area contributed by atoms with Crippen molar-refractivity contribution >= 4 is 39.4 Å². The summed E-state index contributed by atoms with van der Waals surface area (Å²) >= 11 is 5.86. The topological polar surface area (TPSA) is 36.8 Å². The van der Waals surface area contributed by atoms with Crippen molar-refractivity contribution in [2.24, 2.45) is 10.2 Å². The molecule has 0 heterocycles. The molecule has 0 fully saturated rings. The molecule has 21 heavy (non-hydrogen) atoms. The van der Waals surface area contributed by atoms with Gasteiger partial charge < -0.3 is 5.32 Å². The smallest absolute Gasteiger partial charge is 0.0936 e. The van der Waals surface area contributed by atoms with Gasteiger partial charge in [-0.3, -0.25) is 0 Å². The lowest BCUT2D eigenvalue weighted by Gasteiger charge is -2.07. The summed E-state index contributed by atoms with van der Waals surface area (Å²) in [6.07, 6.45) is 0. The summed E-state index contributed by atoms with van der Waals surface area (Å²) in [7, 11) is 1.91. The molecule has 1 N–H and O–H groups in total. The van der Waals surface area contributed by atoms with Crippen molar-refractivity contribution in [3.8, 4) is 0 Å². The molecule has 3 aromatic carbocycles. The van der Waals surface area contributed by atoms with Crippen LogP contribution in [0.3, 0.4) is 0 Å². The Morgan fingerprint density at radius 1 is 0.810 bits per heavy atom. The van der Waals surface area contributed by atoms with E-state index in [1.54, 1.807) is 12.1 Å². The van der Waals surface area contributed by atoms with Crippen LogP contribution in [0.1, 0.15) is 0 Å². The maximum atomic E-state index is 5.86. The number of azo groups is 1. The highest BCUT2D eigenvalue weighted by atomic mass is 35.5. The molecule has 0 aliphatic carbocycles. The Kier molecular flexibility index (Phi) is 3.84. The highest BCUT2D eigenvalue weighted by Gasteiger charge is 2.03. The van der Waals surface area contributed by atoms with Gasteiger partial charge in [-0.15, -0.1) is 5.11 Å². The molecule has 0 saturated carbocycles. The van der Waals surface area contributed by atoms with E-state index in [9.17, 15) is 0 Å². The lowest BCUT2D eigenvalue weighted by molar-refractivity contribution is 1.24. The minimum absolute atomic E-state index is 0.692. The average molecular weight is 296 g/mol. The molecule has 0 spiro atoms. The average Bonchev–Trinajstić information content (AvgIpc) is 2.54. The number of hydrogen-bond donors (Lipinski definition) is 1. The number of nitrogens with one attached hydrogen (secondary N) is 1. The number of fused-ring (bicyclic) bond motifs is 1. The predicted molar refractivity (Wildman–Crippen MR) is 89.1 cm³/mol. The zero-order valence-corrected chi connectivity index (χ0v) is 12.3. The lowest BCUT2D eigenvalue weighted by atomic mass is 10.1. The number of nitrogens with zero attached hydrogens (tertiary/aromatic N) is 2. The Hall–Kier alpha value is -2.39. The van der Waals surface area contributed by atoms with Crippen LogP contribution in [0, 0.1) is 0 Å². The Labute approximate surface area is 128 Å². The van der Waals surface area contributed by atoms with Crippen molar-refractivity contribution < 1.29 is 0 Å². The quantitative estimate of drug-likeness (QED) is 0.595. The number of anilines is 1. The third kappa shape index (κ3) is 2.88. The highest BCUT2D eigenvalue weighted by Crippen LogP contribution is 2.32. The molecule has 0 bridgehead atoms. The van der Waals surface area contributed by atoms with Crippen LogP contribution in [0.15, 0.2) is 70.9 Å². The van der Waals surface area contributed by atoms with Crippen molar-refractivity contribution in [2.75, 3.05) is 12.4 Å². The fourth-order valence-electron chi connectivity index (χ4n) is 2.21. The Balaban J connectivity index is 2.03. The van der Waals surface area contributed by atoms with E-state index in [2.05, 4.69) is 21.6 Å². The summed E-state index contributed by atoms with van der Waals surface area (Å²) in [6.45, 7) is 0. The SMILES string of the molecule is CNc1ccc(N=Nc2ccc(Cl)cc2)c2ccccc12. The minimum Gasteiger partial charge on any atom is -0.388 e. The molecule has 4 heteroatoms. The largest absolute Gasteiger partial charge is 0.388 e. The number of benzene rings is 3. The van der Waals surface area contributed by atoms with Gasteiger partial charge in [0.2, 0.25) is 0 Å². The Morgan fingerprint density at radius 2 is 1.52 bits per heavy atom. The van der Waals surface area contributed by atoms with Crippen molar-refractivity contribution in [1.82, 2.24) is 0 Å². The van der Waals surface area contributed by atoms with Crippen LogP contribution in [-0.2, 0) is 0 Å². The molecule has 0 saturated heterocycles. The van der Waals surface area contributed by atoms with E-state index in [4.69, 9.17) is 11.6 Å². The maximum absolute atomic E-state index is 5.86. The van der Waals surface area contributed by atoms with Gasteiger partial charge in [0.25, 0.3) is 0 Å². The first kappa shape index (κ1) is 13.6. The molecule has 0 unspecified atom stereocenters. The summed E-state index contributed by atoms with van der Waals surface area (Å²) in [4.78, 5) is 0. The third-order valence-electron chi connectivity index (χ3n) is 3.27. The van der Waals surface area contributed by atoms with Gasteiger partial charge in [-0.05, 0) is 36.4 Å². The van der Waals surface area contributed by atoms with Crippen LogP contribution < -0.4 is 5.32 Å². The molecular formula is C17H14ClN3. The molecule has 0 aliphatic heterocycles. The molecule has 0 amide bonds. The van der Waals surface area contributed by atoms with Gasteiger partial charge in [-0.1, -0.05) is 35.9 Å². The first-order chi connectivity index (χ1) is 10.3. The summed E-state index contributed by atoms with van der Waals surface area (Å²) in [6, 6.07) is 19.4. The predicted octanol–water partition coefficient (Wildman–Crippen LogP) is 5.95. The highest BCUT2D eigenvalue weighted by molar-refractivity contribution is 6.30. The van der Waals surface area contributed by atoms with E-state index in [0.29, 0.717) is 5.02 Å². The monoisotopic (exact) mass is 295 g/mol. The van der Waals surface area contributed by atoms with Crippen molar-refractivity contribution in [3.05, 3.63) is 65.7 Å². The minimum atomic E-state index is 0.692. The van der Waals surface area contributed by atoms with Gasteiger partial charge in [-0.25, -0.2) is 0 Å². The van der Waals surface area contributed by atoms with E-state index in [0.717, 1.165) is 27.8 Å². The van der Waals surface area contributed by atoms with E-state index >= 15 is 0 Å². The fourth-order valence-corrected chi connectivity index (χ4v) is 2.33. The van der Waals surface area contributed by atoms with Crippen LogP contribution in [0.4, 0.5) is 17.1 Å². The second kappa shape index (κ2) is 5.94. The Bertz CT molecular complexity index is 795. The lowest BCUT2D eigenvalue weighted by Crippen LogP contribution is -1.88. The van der Waals surface area contributed by atoms with Crippen molar-refractivity contribution in [1.29, 1.82) is 0 Å². The molecule has 0 atom stereocenters. The second-order valence-electron chi connectivity index (χ2n) is 4.60. The first-order valence-electron chi connectivity index (χ1n) is 6.65. The standard InChI is InChI=1S/C17H14ClN3/c1-19-16-10-11-17(15-5-3-2-4-14(15)16)21-20-13-8-6-12(18)7-9-13/h2-11,19H,1H3. The van der Waals surface area contributed by atoms with Crippen molar-refractivity contribution in [3.63, 3.8) is 0 Å². The van der Waals surface area contributed by atoms with Gasteiger partial charge in [-0.2, -0.15) is 5.11 Å². The molecule has 0 aromatic heterocycles. The fraction of sp³-hybridized carbons (Fsp3) is 0.0588. The molecule has 3 nitrogen and oxygen atoms in total. The zero-order chi connectivity index (χ0) is 14.7. The van der Waals surface area contributed by atoms with Crippen LogP contribution in [-0.4, -0.2) is 7.05 Å². The molecule has 0 aliphatic rings. The number of halogens is 1. The number of rotatable bonds is 3. The Morgan fingerprint density at radius 3 is 2.24 bits per heavy atom. The molecule has 3 rings (SSSR count). The maximum Gasteiger partial charge on any atom is 0.0936 e. The third-order valence-corrected chi connectivity index (χ3v) is 3.52. The zero-order valence-electron chi connectivity index (χ0n) is 11.5. The van der Waals surface area contributed by atoms with Gasteiger partial charge in [0.15, 0.2) is 0 Å². The molecular weight excluding hydrogens is 282 g/mol. The first-order valence-corrected chi connectivity index (χ1v) is 7.02. The van der Waals surface area contributed by atoms with E-state index in [-0.39, 0.29) is 0 Å². The summed E-state index contributed by atoms with van der Waals surface area (Å²) < 4.78 is 0. The van der Waals surface area contributed by atoms with Gasteiger partial charge in [0, 0.05) is 28.5 Å². The van der Waals surface area contributed by atoms with E-state index < -0.39 is 0 Å². The second-order valence-corrected chi connectivity index (χ2v) is 5.04.